The largest absolute Gasteiger partial charge is 0.479 e. The number of nitrogens with zero attached hydrogens (tertiary/aromatic N) is 2. The van der Waals surface area contributed by atoms with Crippen molar-refractivity contribution in [2.45, 2.75) is 32.2 Å². The van der Waals surface area contributed by atoms with Gasteiger partial charge in [-0.15, -0.1) is 0 Å². The molecule has 0 atom stereocenters. The highest BCUT2D eigenvalue weighted by Gasteiger charge is 2.30. The van der Waals surface area contributed by atoms with Gasteiger partial charge in [-0.3, -0.25) is 9.48 Å². The summed E-state index contributed by atoms with van der Waals surface area (Å²) in [6, 6.07) is 14.0. The van der Waals surface area contributed by atoms with Crippen LogP contribution in [-0.4, -0.2) is 31.7 Å². The van der Waals surface area contributed by atoms with Gasteiger partial charge >= 0.3 is 5.97 Å². The van der Waals surface area contributed by atoms with Crippen LogP contribution < -0.4 is 5.32 Å². The lowest BCUT2D eigenvalue weighted by molar-refractivity contribution is -0.146. The molecular weight excluding hydrogens is 344 g/mol. The summed E-state index contributed by atoms with van der Waals surface area (Å²) >= 11 is 0. The molecule has 0 aliphatic rings. The molecule has 0 saturated carbocycles. The smallest absolute Gasteiger partial charge is 0.331 e. The lowest BCUT2D eigenvalue weighted by Crippen LogP contribution is -2.35. The molecule has 1 amide bonds. The van der Waals surface area contributed by atoms with Crippen LogP contribution >= 0.6 is 0 Å². The summed E-state index contributed by atoms with van der Waals surface area (Å²) in [7, 11) is 0. The third-order valence-electron chi connectivity index (χ3n) is 4.42. The van der Waals surface area contributed by atoms with Crippen LogP contribution in [0.5, 0.6) is 0 Å². The number of rotatable bonds is 7. The van der Waals surface area contributed by atoms with Crippen molar-refractivity contribution in [2.75, 3.05) is 5.32 Å². The molecule has 0 unspecified atom stereocenters. The molecule has 7 heteroatoms. The molecule has 0 aliphatic carbocycles. The number of aryl methyl sites for hydroxylation is 1. The molecule has 3 rings (SSSR count). The molecule has 27 heavy (non-hydrogen) atoms. The van der Waals surface area contributed by atoms with E-state index in [1.165, 1.54) is 17.1 Å². The van der Waals surface area contributed by atoms with Crippen LogP contribution in [0.2, 0.25) is 0 Å². The van der Waals surface area contributed by atoms with Gasteiger partial charge in [0.25, 0.3) is 0 Å². The van der Waals surface area contributed by atoms with Crippen LogP contribution in [0.3, 0.4) is 0 Å². The van der Waals surface area contributed by atoms with Gasteiger partial charge in [-0.05, 0) is 38.0 Å². The van der Waals surface area contributed by atoms with E-state index in [9.17, 15) is 14.7 Å². The first-order valence-corrected chi connectivity index (χ1v) is 8.68. The maximum Gasteiger partial charge on any atom is 0.331 e. The lowest BCUT2D eigenvalue weighted by Gasteiger charge is -2.19. The number of hydrogen-bond acceptors (Lipinski definition) is 3. The number of carbonyl (C=O) groups excluding carboxylic acids is 1. The SMILES string of the molecule is CC(C)(C(=O)O)n1cc(NC(=O)CCc2ccc(-c3ccccc3)[nH]2)cn1. The van der Waals surface area contributed by atoms with E-state index in [1.807, 2.05) is 42.5 Å². The van der Waals surface area contributed by atoms with Gasteiger partial charge in [0.2, 0.25) is 5.91 Å². The zero-order chi connectivity index (χ0) is 19.4. The summed E-state index contributed by atoms with van der Waals surface area (Å²) in [5, 5.41) is 16.0. The molecule has 140 valence electrons. The third-order valence-corrected chi connectivity index (χ3v) is 4.42. The Hall–Kier alpha value is -3.35. The minimum atomic E-state index is -1.18. The maximum atomic E-state index is 12.2. The van der Waals surface area contributed by atoms with Crippen molar-refractivity contribution >= 4 is 17.6 Å². The number of H-pyrrole nitrogens is 1. The van der Waals surface area contributed by atoms with Crippen LogP contribution in [0.1, 0.15) is 26.0 Å². The summed E-state index contributed by atoms with van der Waals surface area (Å²) in [6.45, 7) is 3.09. The van der Waals surface area contributed by atoms with Crippen LogP contribution in [0.4, 0.5) is 5.69 Å². The van der Waals surface area contributed by atoms with Gasteiger partial charge in [-0.1, -0.05) is 30.3 Å². The van der Waals surface area contributed by atoms with Gasteiger partial charge in [0.15, 0.2) is 5.54 Å². The standard InChI is InChI=1S/C20H22N4O3/c1-20(2,19(26)27)24-13-16(12-21-24)23-18(25)11-9-15-8-10-17(22-15)14-6-4-3-5-7-14/h3-8,10,12-13,22H,9,11H2,1-2H3,(H,23,25)(H,26,27). The molecule has 0 bridgehead atoms. The summed E-state index contributed by atoms with van der Waals surface area (Å²) in [5.74, 6) is -1.15. The Balaban J connectivity index is 1.56. The second-order valence-corrected chi connectivity index (χ2v) is 6.85. The Kier molecular flexibility index (Phi) is 5.12. The highest BCUT2D eigenvalue weighted by Crippen LogP contribution is 2.19. The molecule has 2 heterocycles. The average Bonchev–Trinajstić information content (AvgIpc) is 3.30. The summed E-state index contributed by atoms with van der Waals surface area (Å²) in [5.41, 5.74) is 2.39. The van der Waals surface area contributed by atoms with Crippen LogP contribution in [-0.2, 0) is 21.5 Å². The van der Waals surface area contributed by atoms with Gasteiger partial charge in [0.05, 0.1) is 11.9 Å². The molecule has 0 radical (unpaired) electrons. The molecule has 1 aromatic carbocycles. The van der Waals surface area contributed by atoms with Gasteiger partial charge < -0.3 is 15.4 Å². The Labute approximate surface area is 157 Å². The molecule has 0 fully saturated rings. The summed E-state index contributed by atoms with van der Waals surface area (Å²) in [6.07, 6.45) is 3.86. The second kappa shape index (κ2) is 7.49. The summed E-state index contributed by atoms with van der Waals surface area (Å²) in [4.78, 5) is 26.8. The predicted octanol–water partition coefficient (Wildman–Crippen LogP) is 3.27. The number of amides is 1. The molecule has 7 nitrogen and oxygen atoms in total. The number of carbonyl (C=O) groups is 2. The first kappa shape index (κ1) is 18.4. The van der Waals surface area contributed by atoms with E-state index in [-0.39, 0.29) is 5.91 Å². The number of hydrogen-bond donors (Lipinski definition) is 3. The van der Waals surface area contributed by atoms with Gasteiger partial charge in [-0.2, -0.15) is 5.10 Å². The zero-order valence-electron chi connectivity index (χ0n) is 15.3. The fourth-order valence-corrected chi connectivity index (χ4v) is 2.63. The number of carboxylic acids is 1. The van der Waals surface area contributed by atoms with Crippen LogP contribution in [0.15, 0.2) is 54.9 Å². The highest BCUT2D eigenvalue weighted by atomic mass is 16.4. The Morgan fingerprint density at radius 2 is 1.93 bits per heavy atom. The molecular formula is C20H22N4O3. The predicted molar refractivity (Wildman–Crippen MR) is 102 cm³/mol. The number of aromatic nitrogens is 3. The highest BCUT2D eigenvalue weighted by molar-refractivity contribution is 5.90. The van der Waals surface area contributed by atoms with Crippen LogP contribution in [0.25, 0.3) is 11.3 Å². The topological polar surface area (TPSA) is 100 Å². The van der Waals surface area contributed by atoms with E-state index in [2.05, 4.69) is 15.4 Å². The lowest BCUT2D eigenvalue weighted by atomic mass is 10.1. The first-order chi connectivity index (χ1) is 12.9. The van der Waals surface area contributed by atoms with Crippen molar-refractivity contribution in [3.05, 3.63) is 60.6 Å². The number of nitrogens with one attached hydrogen (secondary N) is 2. The van der Waals surface area contributed by atoms with E-state index in [1.54, 1.807) is 13.8 Å². The van der Waals surface area contributed by atoms with E-state index in [4.69, 9.17) is 0 Å². The Morgan fingerprint density at radius 3 is 2.63 bits per heavy atom. The zero-order valence-corrected chi connectivity index (χ0v) is 15.3. The number of anilines is 1. The summed E-state index contributed by atoms with van der Waals surface area (Å²) < 4.78 is 1.32. The molecule has 0 spiro atoms. The van der Waals surface area contributed by atoms with E-state index in [0.717, 1.165) is 17.0 Å². The Bertz CT molecular complexity index is 941. The number of aliphatic carboxylic acids is 1. The minimum absolute atomic E-state index is 0.154. The van der Waals surface area contributed by atoms with E-state index in [0.29, 0.717) is 18.5 Å². The first-order valence-electron chi connectivity index (χ1n) is 8.68. The molecule has 2 aromatic heterocycles. The number of aromatic amines is 1. The minimum Gasteiger partial charge on any atom is -0.479 e. The second-order valence-electron chi connectivity index (χ2n) is 6.85. The van der Waals surface area contributed by atoms with E-state index >= 15 is 0 Å². The van der Waals surface area contributed by atoms with Crippen molar-refractivity contribution in [1.29, 1.82) is 0 Å². The molecule has 3 N–H and O–H groups in total. The fraction of sp³-hybridized carbons (Fsp3) is 0.250. The van der Waals surface area contributed by atoms with Crippen molar-refractivity contribution in [3.8, 4) is 11.3 Å². The van der Waals surface area contributed by atoms with Crippen molar-refractivity contribution in [2.24, 2.45) is 0 Å². The van der Waals surface area contributed by atoms with Gasteiger partial charge in [-0.25, -0.2) is 4.79 Å². The fourth-order valence-electron chi connectivity index (χ4n) is 2.63. The van der Waals surface area contributed by atoms with Gasteiger partial charge in [0.1, 0.15) is 0 Å². The maximum absolute atomic E-state index is 12.2. The van der Waals surface area contributed by atoms with E-state index < -0.39 is 11.5 Å². The van der Waals surface area contributed by atoms with Crippen molar-refractivity contribution < 1.29 is 14.7 Å². The van der Waals surface area contributed by atoms with Crippen molar-refractivity contribution in [1.82, 2.24) is 14.8 Å². The van der Waals surface area contributed by atoms with Gasteiger partial charge in [0, 0.05) is 24.0 Å². The quantitative estimate of drug-likeness (QED) is 0.597. The normalized spacial score (nSPS) is 11.3. The van der Waals surface area contributed by atoms with Crippen LogP contribution in [0, 0.1) is 0 Å². The Morgan fingerprint density at radius 1 is 1.19 bits per heavy atom. The van der Waals surface area contributed by atoms with Crippen molar-refractivity contribution in [3.63, 3.8) is 0 Å². The number of benzene rings is 1. The third kappa shape index (κ3) is 4.25. The molecule has 0 aliphatic heterocycles. The average molecular weight is 366 g/mol. The number of carboxylic acid groups (broad SMARTS) is 1. The molecule has 3 aromatic rings. The molecule has 0 saturated heterocycles. The monoisotopic (exact) mass is 366 g/mol.